The predicted octanol–water partition coefficient (Wildman–Crippen LogP) is 5.01. The second kappa shape index (κ2) is 10.5. The Bertz CT molecular complexity index is 1610. The molecular formula is C26H24Cl2N4O4S. The lowest BCUT2D eigenvalue weighted by Crippen LogP contribution is -2.29. The molecule has 4 aromatic rings. The van der Waals surface area contributed by atoms with Gasteiger partial charge in [-0.2, -0.15) is 0 Å². The van der Waals surface area contributed by atoms with Crippen LogP contribution in [0.25, 0.3) is 5.69 Å². The number of anilines is 2. The fourth-order valence-corrected chi connectivity index (χ4v) is 5.30. The molecule has 0 bridgehead atoms. The van der Waals surface area contributed by atoms with Gasteiger partial charge < -0.3 is 5.32 Å². The topological polar surface area (TPSA) is 93.4 Å². The molecule has 0 spiro atoms. The maximum Gasteiger partial charge on any atom is 0.295 e. The van der Waals surface area contributed by atoms with E-state index in [2.05, 4.69) is 5.32 Å². The van der Waals surface area contributed by atoms with Crippen molar-refractivity contribution in [3.05, 3.63) is 110 Å². The largest absolute Gasteiger partial charge is 0.316 e. The molecule has 4 rings (SSSR count). The Labute approximate surface area is 224 Å². The molecule has 0 saturated heterocycles. The molecule has 0 unspecified atom stereocenters. The Kier molecular flexibility index (Phi) is 7.49. The monoisotopic (exact) mass is 558 g/mol. The molecule has 1 N–H and O–H groups in total. The number of amides is 1. The summed E-state index contributed by atoms with van der Waals surface area (Å²) >= 11 is 12.1. The summed E-state index contributed by atoms with van der Waals surface area (Å²) in [5, 5.41) is 3.34. The third-order valence-corrected chi connectivity index (χ3v) is 7.45. The zero-order valence-electron chi connectivity index (χ0n) is 20.3. The van der Waals surface area contributed by atoms with Crippen LogP contribution in [0, 0.1) is 6.92 Å². The van der Waals surface area contributed by atoms with E-state index in [1.165, 1.54) is 27.2 Å². The second-order valence-corrected chi connectivity index (χ2v) is 11.3. The molecule has 0 saturated carbocycles. The van der Waals surface area contributed by atoms with Crippen LogP contribution in [0.15, 0.2) is 77.6 Å². The van der Waals surface area contributed by atoms with Crippen molar-refractivity contribution in [2.75, 3.05) is 15.9 Å². The van der Waals surface area contributed by atoms with E-state index in [-0.39, 0.29) is 17.8 Å². The van der Waals surface area contributed by atoms with Crippen molar-refractivity contribution in [3.63, 3.8) is 0 Å². The van der Waals surface area contributed by atoms with Crippen LogP contribution >= 0.6 is 23.2 Å². The van der Waals surface area contributed by atoms with Crippen LogP contribution in [0.5, 0.6) is 0 Å². The summed E-state index contributed by atoms with van der Waals surface area (Å²) in [6.07, 6.45) is 1.09. The van der Waals surface area contributed by atoms with Gasteiger partial charge in [-0.3, -0.25) is 18.6 Å². The zero-order valence-corrected chi connectivity index (χ0v) is 22.6. The summed E-state index contributed by atoms with van der Waals surface area (Å²) in [5.41, 5.74) is 2.40. The molecule has 37 heavy (non-hydrogen) atoms. The molecule has 0 aliphatic rings. The van der Waals surface area contributed by atoms with E-state index in [4.69, 9.17) is 23.2 Å². The lowest BCUT2D eigenvalue weighted by Gasteiger charge is -2.23. The number of nitrogens with one attached hydrogen (secondary N) is 1. The molecule has 0 atom stereocenters. The summed E-state index contributed by atoms with van der Waals surface area (Å²) < 4.78 is 29.3. The van der Waals surface area contributed by atoms with Gasteiger partial charge in [-0.1, -0.05) is 53.5 Å². The number of aromatic nitrogens is 2. The third-order valence-electron chi connectivity index (χ3n) is 5.87. The summed E-state index contributed by atoms with van der Waals surface area (Å²) in [6.45, 7) is 1.76. The molecule has 1 heterocycles. The number of hydrogen-bond donors (Lipinski definition) is 1. The van der Waals surface area contributed by atoms with E-state index in [1.54, 1.807) is 42.9 Å². The summed E-state index contributed by atoms with van der Waals surface area (Å²) in [4.78, 5) is 26.0. The van der Waals surface area contributed by atoms with E-state index in [1.807, 2.05) is 30.3 Å². The van der Waals surface area contributed by atoms with Crippen LogP contribution < -0.4 is 15.2 Å². The van der Waals surface area contributed by atoms with Crippen LogP contribution in [-0.2, 0) is 23.6 Å². The van der Waals surface area contributed by atoms with Gasteiger partial charge in [0.25, 0.3) is 11.5 Å². The van der Waals surface area contributed by atoms with Crippen LogP contribution in [0.2, 0.25) is 10.0 Å². The lowest BCUT2D eigenvalue weighted by molar-refractivity contribution is 0.102. The number of rotatable bonds is 7. The SMILES string of the molecule is Cc1c(NC(=O)c2ccc(CN(c3cc(Cl)cc(Cl)c3)S(C)(=O)=O)cc2)c(=O)n(-c2ccccc2)n1C. The minimum atomic E-state index is -3.65. The van der Waals surface area contributed by atoms with Gasteiger partial charge in [0.1, 0.15) is 5.69 Å². The highest BCUT2D eigenvalue weighted by atomic mass is 35.5. The number of benzene rings is 3. The van der Waals surface area contributed by atoms with E-state index in [0.717, 1.165) is 6.26 Å². The second-order valence-electron chi connectivity index (χ2n) is 8.48. The average Bonchev–Trinajstić information content (AvgIpc) is 3.05. The van der Waals surface area contributed by atoms with E-state index in [0.29, 0.717) is 38.2 Å². The van der Waals surface area contributed by atoms with Crippen LogP contribution in [0.3, 0.4) is 0 Å². The number of carbonyl (C=O) groups is 1. The number of para-hydroxylation sites is 1. The number of sulfonamides is 1. The molecule has 0 fully saturated rings. The van der Waals surface area contributed by atoms with Crippen molar-refractivity contribution in [3.8, 4) is 5.69 Å². The molecule has 1 amide bonds. The molecule has 1 aromatic heterocycles. The standard InChI is InChI=1S/C26H24Cl2N4O4S/c1-17-24(26(34)32(30(17)2)22-7-5-4-6-8-22)29-25(33)19-11-9-18(10-12-19)16-31(37(3,35)36)23-14-20(27)13-21(28)15-23/h4-15H,16H2,1-3H3,(H,29,33). The van der Waals surface area contributed by atoms with Gasteiger partial charge in [0.2, 0.25) is 10.0 Å². The van der Waals surface area contributed by atoms with E-state index in [9.17, 15) is 18.0 Å². The van der Waals surface area contributed by atoms with Crippen molar-refractivity contribution in [1.29, 1.82) is 0 Å². The fraction of sp³-hybridized carbons (Fsp3) is 0.154. The Hall–Kier alpha value is -3.53. The molecule has 0 radical (unpaired) electrons. The van der Waals surface area contributed by atoms with Gasteiger partial charge in [-0.15, -0.1) is 0 Å². The highest BCUT2D eigenvalue weighted by molar-refractivity contribution is 7.92. The first-order valence-electron chi connectivity index (χ1n) is 11.1. The zero-order chi connectivity index (χ0) is 26.9. The highest BCUT2D eigenvalue weighted by Gasteiger charge is 2.21. The number of carbonyl (C=O) groups excluding carboxylic acids is 1. The number of hydrogen-bond acceptors (Lipinski definition) is 4. The number of halogens is 2. The predicted molar refractivity (Wildman–Crippen MR) is 148 cm³/mol. The Morgan fingerprint density at radius 3 is 2.14 bits per heavy atom. The first kappa shape index (κ1) is 26.5. The molecule has 8 nitrogen and oxygen atoms in total. The minimum Gasteiger partial charge on any atom is -0.316 e. The Morgan fingerprint density at radius 1 is 0.973 bits per heavy atom. The maximum absolute atomic E-state index is 13.1. The normalized spacial score (nSPS) is 11.4. The van der Waals surface area contributed by atoms with Crippen molar-refractivity contribution >= 4 is 50.5 Å². The smallest absolute Gasteiger partial charge is 0.295 e. The summed E-state index contributed by atoms with van der Waals surface area (Å²) in [7, 11) is -1.91. The van der Waals surface area contributed by atoms with Gasteiger partial charge >= 0.3 is 0 Å². The maximum atomic E-state index is 13.1. The van der Waals surface area contributed by atoms with Crippen molar-refractivity contribution in [2.45, 2.75) is 13.5 Å². The fourth-order valence-electron chi connectivity index (χ4n) is 3.91. The van der Waals surface area contributed by atoms with Gasteiger partial charge in [-0.25, -0.2) is 13.1 Å². The van der Waals surface area contributed by atoms with Gasteiger partial charge in [0.05, 0.1) is 29.9 Å². The van der Waals surface area contributed by atoms with Crippen molar-refractivity contribution < 1.29 is 13.2 Å². The molecule has 3 aromatic carbocycles. The molecule has 0 aliphatic heterocycles. The van der Waals surface area contributed by atoms with E-state index < -0.39 is 15.9 Å². The molecular weight excluding hydrogens is 535 g/mol. The van der Waals surface area contributed by atoms with Crippen molar-refractivity contribution in [2.24, 2.45) is 7.05 Å². The number of nitrogens with zero attached hydrogens (tertiary/aromatic N) is 3. The molecule has 11 heteroatoms. The lowest BCUT2D eigenvalue weighted by atomic mass is 10.1. The summed E-state index contributed by atoms with van der Waals surface area (Å²) in [6, 6.07) is 20.1. The van der Waals surface area contributed by atoms with Crippen LogP contribution in [0.4, 0.5) is 11.4 Å². The van der Waals surface area contributed by atoms with Gasteiger partial charge in [0.15, 0.2) is 0 Å². The summed E-state index contributed by atoms with van der Waals surface area (Å²) in [5.74, 6) is -0.459. The van der Waals surface area contributed by atoms with E-state index >= 15 is 0 Å². The van der Waals surface area contributed by atoms with Gasteiger partial charge in [0, 0.05) is 22.7 Å². The first-order valence-corrected chi connectivity index (χ1v) is 13.7. The van der Waals surface area contributed by atoms with Crippen LogP contribution in [-0.4, -0.2) is 29.9 Å². The Balaban J connectivity index is 1.56. The molecule has 0 aliphatic carbocycles. The third kappa shape index (κ3) is 5.74. The first-order chi connectivity index (χ1) is 17.5. The quantitative estimate of drug-likeness (QED) is 0.345. The minimum absolute atomic E-state index is 0.0109. The Morgan fingerprint density at radius 2 is 1.57 bits per heavy atom. The highest BCUT2D eigenvalue weighted by Crippen LogP contribution is 2.28. The van der Waals surface area contributed by atoms with Crippen LogP contribution in [0.1, 0.15) is 21.6 Å². The van der Waals surface area contributed by atoms with Gasteiger partial charge in [-0.05, 0) is 55.0 Å². The average molecular weight is 559 g/mol. The molecule has 192 valence electrons. The van der Waals surface area contributed by atoms with Crippen molar-refractivity contribution in [1.82, 2.24) is 9.36 Å².